The zero-order valence-corrected chi connectivity index (χ0v) is 21.5. The standard InChI is InChI=1S/C34H28N2O2/c1-3-24-23-30(25-13-7-4-8-14-25)34(31(24)26-15-9-5-10-16-26)32(27-19-21-29(38-2)22-20-27)35-36(33(34)37)28-17-11-6-12-18-28/h4-23H,3H2,1-2H3/t34-/m0/s1. The van der Waals surface area contributed by atoms with E-state index in [9.17, 15) is 4.79 Å². The van der Waals surface area contributed by atoms with Crippen LogP contribution >= 0.6 is 0 Å². The summed E-state index contributed by atoms with van der Waals surface area (Å²) in [6.45, 7) is 2.15. The van der Waals surface area contributed by atoms with Crippen molar-refractivity contribution < 1.29 is 9.53 Å². The lowest BCUT2D eigenvalue weighted by Crippen LogP contribution is -2.41. The number of hydrogen-bond donors (Lipinski definition) is 0. The van der Waals surface area contributed by atoms with Gasteiger partial charge in [-0.2, -0.15) is 10.1 Å². The third-order valence-corrected chi connectivity index (χ3v) is 7.38. The van der Waals surface area contributed by atoms with Gasteiger partial charge < -0.3 is 4.74 Å². The van der Waals surface area contributed by atoms with E-state index in [4.69, 9.17) is 9.84 Å². The molecule has 0 radical (unpaired) electrons. The first kappa shape index (κ1) is 23.7. The number of ether oxygens (including phenoxy) is 1. The van der Waals surface area contributed by atoms with E-state index in [1.807, 2.05) is 91.0 Å². The lowest BCUT2D eigenvalue weighted by Gasteiger charge is -2.32. The van der Waals surface area contributed by atoms with Crippen molar-refractivity contribution in [1.29, 1.82) is 0 Å². The zero-order valence-electron chi connectivity index (χ0n) is 21.5. The van der Waals surface area contributed by atoms with E-state index < -0.39 is 5.41 Å². The molecule has 4 nitrogen and oxygen atoms in total. The second-order valence-electron chi connectivity index (χ2n) is 9.42. The fraction of sp³-hybridized carbons (Fsp3) is 0.118. The van der Waals surface area contributed by atoms with Gasteiger partial charge >= 0.3 is 0 Å². The van der Waals surface area contributed by atoms with E-state index in [1.54, 1.807) is 12.1 Å². The van der Waals surface area contributed by atoms with Crippen LogP contribution in [0.15, 0.2) is 132 Å². The molecule has 1 atom stereocenters. The maximum Gasteiger partial charge on any atom is 0.268 e. The molecule has 0 saturated carbocycles. The van der Waals surface area contributed by atoms with E-state index in [2.05, 4.69) is 37.3 Å². The van der Waals surface area contributed by atoms with Gasteiger partial charge in [-0.1, -0.05) is 91.9 Å². The average Bonchev–Trinajstić information content (AvgIpc) is 3.50. The van der Waals surface area contributed by atoms with Crippen LogP contribution in [-0.2, 0) is 4.79 Å². The number of para-hydroxylation sites is 1. The van der Waals surface area contributed by atoms with Gasteiger partial charge in [-0.3, -0.25) is 4.79 Å². The largest absolute Gasteiger partial charge is 0.497 e. The molecule has 0 bridgehead atoms. The summed E-state index contributed by atoms with van der Waals surface area (Å²) >= 11 is 0. The summed E-state index contributed by atoms with van der Waals surface area (Å²) in [5.74, 6) is 0.679. The van der Waals surface area contributed by atoms with Gasteiger partial charge in [-0.15, -0.1) is 0 Å². The molecule has 2 aliphatic rings. The summed E-state index contributed by atoms with van der Waals surface area (Å²) in [7, 11) is 1.65. The summed E-state index contributed by atoms with van der Waals surface area (Å²) in [4.78, 5) is 15.0. The van der Waals surface area contributed by atoms with E-state index in [-0.39, 0.29) is 5.91 Å². The second kappa shape index (κ2) is 9.64. The topological polar surface area (TPSA) is 41.9 Å². The zero-order chi connectivity index (χ0) is 26.1. The smallest absolute Gasteiger partial charge is 0.268 e. The van der Waals surface area contributed by atoms with Gasteiger partial charge in [-0.05, 0) is 76.2 Å². The molecule has 4 aromatic carbocycles. The number of rotatable bonds is 6. The number of nitrogens with zero attached hydrogens (tertiary/aromatic N) is 2. The van der Waals surface area contributed by atoms with Gasteiger partial charge in [0.2, 0.25) is 0 Å². The highest BCUT2D eigenvalue weighted by molar-refractivity contribution is 6.39. The monoisotopic (exact) mass is 496 g/mol. The average molecular weight is 497 g/mol. The molecule has 1 spiro atoms. The Hall–Kier alpha value is -4.70. The van der Waals surface area contributed by atoms with Crippen molar-refractivity contribution >= 4 is 28.5 Å². The Morgan fingerprint density at radius 3 is 1.89 bits per heavy atom. The SMILES string of the molecule is CCC1=C(c2ccccc2)[C@@]2(C(=O)N(c3ccccc3)N=C2c2ccc(OC)cc2)C(c2ccccc2)=C1. The van der Waals surface area contributed by atoms with Crippen molar-refractivity contribution in [3.05, 3.63) is 144 Å². The fourth-order valence-corrected chi connectivity index (χ4v) is 5.65. The van der Waals surface area contributed by atoms with Crippen LogP contribution in [0.25, 0.3) is 11.1 Å². The van der Waals surface area contributed by atoms with Gasteiger partial charge in [0.1, 0.15) is 11.2 Å². The molecule has 0 aromatic heterocycles. The molecule has 186 valence electrons. The Bertz CT molecular complexity index is 1570. The molecular weight excluding hydrogens is 468 g/mol. The second-order valence-corrected chi connectivity index (χ2v) is 9.42. The van der Waals surface area contributed by atoms with Crippen molar-refractivity contribution in [3.8, 4) is 5.75 Å². The van der Waals surface area contributed by atoms with Crippen LogP contribution in [0, 0.1) is 5.41 Å². The Morgan fingerprint density at radius 1 is 0.737 bits per heavy atom. The molecule has 0 saturated heterocycles. The first-order valence-electron chi connectivity index (χ1n) is 12.9. The first-order valence-corrected chi connectivity index (χ1v) is 12.9. The summed E-state index contributed by atoms with van der Waals surface area (Å²) in [5.41, 5.74) is 6.34. The predicted octanol–water partition coefficient (Wildman–Crippen LogP) is 7.39. The molecule has 38 heavy (non-hydrogen) atoms. The predicted molar refractivity (Wildman–Crippen MR) is 154 cm³/mol. The van der Waals surface area contributed by atoms with E-state index >= 15 is 0 Å². The number of hydrogen-bond acceptors (Lipinski definition) is 3. The number of carbonyl (C=O) groups excluding carboxylic acids is 1. The number of hydrazone groups is 1. The summed E-state index contributed by atoms with van der Waals surface area (Å²) in [6, 6.07) is 38.0. The summed E-state index contributed by atoms with van der Waals surface area (Å²) in [6.07, 6.45) is 3.00. The first-order chi connectivity index (χ1) is 18.7. The van der Waals surface area contributed by atoms with Crippen molar-refractivity contribution in [3.63, 3.8) is 0 Å². The van der Waals surface area contributed by atoms with Gasteiger partial charge in [0, 0.05) is 0 Å². The Labute approximate surface area is 223 Å². The van der Waals surface area contributed by atoms with Crippen LogP contribution in [0.2, 0.25) is 0 Å². The van der Waals surface area contributed by atoms with Crippen LogP contribution in [-0.4, -0.2) is 18.7 Å². The van der Waals surface area contributed by atoms with Crippen molar-refractivity contribution in [2.75, 3.05) is 12.1 Å². The number of benzene rings is 4. The van der Waals surface area contributed by atoms with Crippen LogP contribution in [0.1, 0.15) is 30.0 Å². The van der Waals surface area contributed by atoms with E-state index in [0.29, 0.717) is 5.71 Å². The molecule has 1 heterocycles. The van der Waals surface area contributed by atoms with Gasteiger partial charge in [0.05, 0.1) is 18.5 Å². The molecule has 0 N–H and O–H groups in total. The van der Waals surface area contributed by atoms with Crippen molar-refractivity contribution in [1.82, 2.24) is 0 Å². The molecule has 4 heteroatoms. The molecule has 4 aromatic rings. The normalized spacial score (nSPS) is 18.7. The minimum atomic E-state index is -1.11. The number of carbonyl (C=O) groups is 1. The maximum atomic E-state index is 15.0. The number of methoxy groups -OCH3 is 1. The quantitative estimate of drug-likeness (QED) is 0.279. The Balaban J connectivity index is 1.68. The van der Waals surface area contributed by atoms with Crippen molar-refractivity contribution in [2.24, 2.45) is 10.5 Å². The number of allylic oxidation sites excluding steroid dienone is 2. The molecule has 1 aliphatic heterocycles. The minimum Gasteiger partial charge on any atom is -0.497 e. The third kappa shape index (κ3) is 3.60. The maximum absolute atomic E-state index is 15.0. The van der Waals surface area contributed by atoms with Crippen LogP contribution in [0.4, 0.5) is 5.69 Å². The molecule has 1 aliphatic carbocycles. The highest BCUT2D eigenvalue weighted by Gasteiger charge is 2.60. The van der Waals surface area contributed by atoms with Crippen LogP contribution < -0.4 is 9.75 Å². The lowest BCUT2D eigenvalue weighted by molar-refractivity contribution is -0.120. The number of amides is 1. The molecule has 1 amide bonds. The van der Waals surface area contributed by atoms with Gasteiger partial charge in [0.15, 0.2) is 0 Å². The third-order valence-electron chi connectivity index (χ3n) is 7.38. The Kier molecular flexibility index (Phi) is 6.01. The minimum absolute atomic E-state index is 0.0769. The summed E-state index contributed by atoms with van der Waals surface area (Å²) in [5, 5.41) is 6.69. The van der Waals surface area contributed by atoms with Gasteiger partial charge in [0.25, 0.3) is 5.91 Å². The van der Waals surface area contributed by atoms with E-state index in [0.717, 1.165) is 51.3 Å². The molecule has 0 unspecified atom stereocenters. The summed E-state index contributed by atoms with van der Waals surface area (Å²) < 4.78 is 5.44. The highest BCUT2D eigenvalue weighted by Crippen LogP contribution is 2.58. The van der Waals surface area contributed by atoms with Crippen LogP contribution in [0.3, 0.4) is 0 Å². The molecule has 0 fully saturated rings. The molecular formula is C34H28N2O2. The number of anilines is 1. The highest BCUT2D eigenvalue weighted by atomic mass is 16.5. The molecule has 6 rings (SSSR count). The fourth-order valence-electron chi connectivity index (χ4n) is 5.65. The Morgan fingerprint density at radius 2 is 1.32 bits per heavy atom. The van der Waals surface area contributed by atoms with E-state index in [1.165, 1.54) is 0 Å². The van der Waals surface area contributed by atoms with Gasteiger partial charge in [-0.25, -0.2) is 0 Å². The van der Waals surface area contributed by atoms with Crippen molar-refractivity contribution in [2.45, 2.75) is 13.3 Å². The van der Waals surface area contributed by atoms with Crippen LogP contribution in [0.5, 0.6) is 5.75 Å². The lowest BCUT2D eigenvalue weighted by atomic mass is 9.66.